The fourth-order valence-corrected chi connectivity index (χ4v) is 2.96. The van der Waals surface area contributed by atoms with Gasteiger partial charge in [-0.1, -0.05) is 6.07 Å². The highest BCUT2D eigenvalue weighted by Crippen LogP contribution is 2.28. The number of anilines is 3. The molecule has 0 atom stereocenters. The third kappa shape index (κ3) is 3.42. The molecule has 8 heteroatoms. The zero-order valence-electron chi connectivity index (χ0n) is 13.1. The minimum Gasteiger partial charge on any atom is -0.345 e. The summed E-state index contributed by atoms with van der Waals surface area (Å²) in [6.07, 6.45) is 1.74. The zero-order valence-corrected chi connectivity index (χ0v) is 13.9. The second-order valence-corrected chi connectivity index (χ2v) is 6.26. The number of nitrogens with zero attached hydrogens (tertiary/aromatic N) is 4. The first-order valence-electron chi connectivity index (χ1n) is 7.11. The van der Waals surface area contributed by atoms with Crippen molar-refractivity contribution in [1.82, 2.24) is 14.8 Å². The quantitative estimate of drug-likeness (QED) is 0.762. The molecule has 120 valence electrons. The lowest BCUT2D eigenvalue weighted by Crippen LogP contribution is -2.14. The fraction of sp³-hybridized carbons (Fsp3) is 0.125. The Balaban J connectivity index is 1.84. The SMILES string of the molecule is Cc1nc(C(=O)Nc2ccn(C)n2)c(Nc2cccc(C#N)c2)s1. The van der Waals surface area contributed by atoms with Crippen LogP contribution in [-0.4, -0.2) is 20.7 Å². The van der Waals surface area contributed by atoms with Gasteiger partial charge in [-0.15, -0.1) is 11.3 Å². The molecule has 0 aliphatic carbocycles. The Kier molecular flexibility index (Phi) is 4.26. The number of carbonyl (C=O) groups excluding carboxylic acids is 1. The molecule has 1 aromatic carbocycles. The first-order valence-corrected chi connectivity index (χ1v) is 7.92. The van der Waals surface area contributed by atoms with Crippen molar-refractivity contribution >= 4 is 33.8 Å². The number of hydrogen-bond donors (Lipinski definition) is 2. The van der Waals surface area contributed by atoms with Crippen LogP contribution in [0.5, 0.6) is 0 Å². The monoisotopic (exact) mass is 338 g/mol. The maximum absolute atomic E-state index is 12.5. The van der Waals surface area contributed by atoms with Crippen LogP contribution in [0.4, 0.5) is 16.5 Å². The number of thiazole rings is 1. The molecule has 3 rings (SSSR count). The van der Waals surface area contributed by atoms with Crippen LogP contribution >= 0.6 is 11.3 Å². The van der Waals surface area contributed by atoms with Gasteiger partial charge in [0.2, 0.25) is 0 Å². The van der Waals surface area contributed by atoms with Crippen LogP contribution in [0.1, 0.15) is 21.1 Å². The lowest BCUT2D eigenvalue weighted by atomic mass is 10.2. The number of aromatic nitrogens is 3. The van der Waals surface area contributed by atoms with Gasteiger partial charge in [0.05, 0.1) is 16.6 Å². The summed E-state index contributed by atoms with van der Waals surface area (Å²) in [4.78, 5) is 16.8. The van der Waals surface area contributed by atoms with Crippen molar-refractivity contribution < 1.29 is 4.79 Å². The van der Waals surface area contributed by atoms with Gasteiger partial charge in [-0.2, -0.15) is 10.4 Å². The number of nitrogens with one attached hydrogen (secondary N) is 2. The molecule has 2 N–H and O–H groups in total. The van der Waals surface area contributed by atoms with E-state index < -0.39 is 0 Å². The first-order chi connectivity index (χ1) is 11.5. The second-order valence-electron chi connectivity index (χ2n) is 5.06. The van der Waals surface area contributed by atoms with Crippen molar-refractivity contribution in [3.05, 3.63) is 52.8 Å². The topological polar surface area (TPSA) is 95.6 Å². The van der Waals surface area contributed by atoms with Gasteiger partial charge in [-0.05, 0) is 25.1 Å². The van der Waals surface area contributed by atoms with E-state index in [9.17, 15) is 4.79 Å². The molecule has 24 heavy (non-hydrogen) atoms. The fourth-order valence-electron chi connectivity index (χ4n) is 2.12. The first kappa shape index (κ1) is 15.7. The van der Waals surface area contributed by atoms with Crippen LogP contribution in [0, 0.1) is 18.3 Å². The summed E-state index contributed by atoms with van der Waals surface area (Å²) in [7, 11) is 1.78. The van der Waals surface area contributed by atoms with Gasteiger partial charge in [0.15, 0.2) is 11.5 Å². The predicted molar refractivity (Wildman–Crippen MR) is 92.5 cm³/mol. The van der Waals surface area contributed by atoms with E-state index >= 15 is 0 Å². The Morgan fingerprint density at radius 3 is 2.92 bits per heavy atom. The van der Waals surface area contributed by atoms with Gasteiger partial charge in [-0.25, -0.2) is 4.98 Å². The van der Waals surface area contributed by atoms with E-state index in [0.29, 0.717) is 22.1 Å². The molecule has 0 saturated heterocycles. The van der Waals surface area contributed by atoms with Gasteiger partial charge in [0, 0.05) is 25.0 Å². The minimum atomic E-state index is -0.336. The number of benzene rings is 1. The van der Waals surface area contributed by atoms with Crippen molar-refractivity contribution in [2.45, 2.75) is 6.92 Å². The van der Waals surface area contributed by atoms with E-state index in [2.05, 4.69) is 26.8 Å². The summed E-state index contributed by atoms with van der Waals surface area (Å²) < 4.78 is 1.61. The van der Waals surface area contributed by atoms with E-state index in [-0.39, 0.29) is 5.91 Å². The average molecular weight is 338 g/mol. The molecule has 1 amide bonds. The Labute approximate surface area is 142 Å². The van der Waals surface area contributed by atoms with Gasteiger partial charge < -0.3 is 10.6 Å². The molecule has 0 saturated carbocycles. The Hall–Kier alpha value is -3.18. The predicted octanol–water partition coefficient (Wildman–Crippen LogP) is 3.05. The highest BCUT2D eigenvalue weighted by Gasteiger charge is 2.18. The van der Waals surface area contributed by atoms with Crippen LogP contribution < -0.4 is 10.6 Å². The second kappa shape index (κ2) is 6.52. The van der Waals surface area contributed by atoms with Crippen LogP contribution in [-0.2, 0) is 7.05 Å². The lowest BCUT2D eigenvalue weighted by molar-refractivity contribution is 0.102. The number of rotatable bonds is 4. The Bertz CT molecular complexity index is 936. The highest BCUT2D eigenvalue weighted by atomic mass is 32.1. The van der Waals surface area contributed by atoms with E-state index in [1.807, 2.05) is 13.0 Å². The molecule has 0 radical (unpaired) electrons. The average Bonchev–Trinajstić information content (AvgIpc) is 3.13. The maximum atomic E-state index is 12.5. The van der Waals surface area contributed by atoms with Crippen molar-refractivity contribution in [1.29, 1.82) is 5.26 Å². The third-order valence-electron chi connectivity index (χ3n) is 3.15. The van der Waals surface area contributed by atoms with Crippen molar-refractivity contribution in [3.63, 3.8) is 0 Å². The Morgan fingerprint density at radius 1 is 1.38 bits per heavy atom. The number of aryl methyl sites for hydroxylation is 2. The molecule has 0 fully saturated rings. The number of amides is 1. The highest BCUT2D eigenvalue weighted by molar-refractivity contribution is 7.16. The van der Waals surface area contributed by atoms with E-state index in [1.165, 1.54) is 11.3 Å². The molecule has 2 aromatic heterocycles. The summed E-state index contributed by atoms with van der Waals surface area (Å²) in [5, 5.41) is 20.4. The van der Waals surface area contributed by atoms with Crippen molar-refractivity contribution in [2.24, 2.45) is 7.05 Å². The number of carbonyl (C=O) groups is 1. The standard InChI is InChI=1S/C16H14N6OS/c1-10-18-14(15(23)20-13-6-7-22(2)21-13)16(24-10)19-12-5-3-4-11(8-12)9-17/h3-8,19H,1-2H3,(H,20,21,23). The van der Waals surface area contributed by atoms with Crippen LogP contribution in [0.25, 0.3) is 0 Å². The van der Waals surface area contributed by atoms with Gasteiger partial charge in [0.1, 0.15) is 5.00 Å². The summed E-state index contributed by atoms with van der Waals surface area (Å²) in [5.74, 6) is 0.127. The number of nitriles is 1. The molecule has 0 aliphatic heterocycles. The largest absolute Gasteiger partial charge is 0.345 e. The van der Waals surface area contributed by atoms with Crippen LogP contribution in [0.3, 0.4) is 0 Å². The molecular formula is C16H14N6OS. The van der Waals surface area contributed by atoms with Crippen LogP contribution in [0.2, 0.25) is 0 Å². The van der Waals surface area contributed by atoms with Crippen molar-refractivity contribution in [2.75, 3.05) is 10.6 Å². The molecule has 0 bridgehead atoms. The minimum absolute atomic E-state index is 0.297. The maximum Gasteiger partial charge on any atom is 0.278 e. The van der Waals surface area contributed by atoms with Crippen LogP contribution in [0.15, 0.2) is 36.5 Å². The molecule has 0 spiro atoms. The van der Waals surface area contributed by atoms with E-state index in [1.54, 1.807) is 42.2 Å². The third-order valence-corrected chi connectivity index (χ3v) is 4.04. The molecule has 3 aromatic rings. The summed E-state index contributed by atoms with van der Waals surface area (Å²) in [6.45, 7) is 1.83. The molecule has 0 unspecified atom stereocenters. The summed E-state index contributed by atoms with van der Waals surface area (Å²) in [6, 6.07) is 10.8. The van der Waals surface area contributed by atoms with Gasteiger partial charge in [0.25, 0.3) is 5.91 Å². The Morgan fingerprint density at radius 2 is 2.21 bits per heavy atom. The summed E-state index contributed by atoms with van der Waals surface area (Å²) in [5.41, 5.74) is 1.57. The van der Waals surface area contributed by atoms with Crippen molar-refractivity contribution in [3.8, 4) is 6.07 Å². The van der Waals surface area contributed by atoms with Gasteiger partial charge >= 0.3 is 0 Å². The smallest absolute Gasteiger partial charge is 0.278 e. The molecule has 7 nitrogen and oxygen atoms in total. The summed E-state index contributed by atoms with van der Waals surface area (Å²) >= 11 is 1.38. The molecule has 0 aliphatic rings. The van der Waals surface area contributed by atoms with Gasteiger partial charge in [-0.3, -0.25) is 9.48 Å². The molecular weight excluding hydrogens is 324 g/mol. The van der Waals surface area contributed by atoms with E-state index in [4.69, 9.17) is 5.26 Å². The lowest BCUT2D eigenvalue weighted by Gasteiger charge is -2.06. The number of hydrogen-bond acceptors (Lipinski definition) is 6. The zero-order chi connectivity index (χ0) is 17.1. The molecule has 2 heterocycles. The normalized spacial score (nSPS) is 10.2. The van der Waals surface area contributed by atoms with E-state index in [0.717, 1.165) is 10.7 Å².